The lowest BCUT2D eigenvalue weighted by atomic mass is 10.5. The number of methoxy groups -OCH3 is 1. The molecule has 0 fully saturated rings. The van der Waals surface area contributed by atoms with Crippen LogP contribution in [0.2, 0.25) is 0 Å². The molecule has 2 aromatic rings. The highest BCUT2D eigenvalue weighted by Crippen LogP contribution is 2.20. The Bertz CT molecular complexity index is 524. The van der Waals surface area contributed by atoms with E-state index in [1.54, 1.807) is 18.4 Å². The third-order valence-corrected chi connectivity index (χ3v) is 3.96. The molecule has 2 rings (SSSR count). The lowest BCUT2D eigenvalue weighted by Crippen LogP contribution is -2.20. The van der Waals surface area contributed by atoms with Crippen LogP contribution in [-0.2, 0) is 24.9 Å². The number of aromatic nitrogens is 3. The van der Waals surface area contributed by atoms with Crippen molar-refractivity contribution in [3.8, 4) is 0 Å². The Balaban J connectivity index is 1.86. The fourth-order valence-corrected chi connectivity index (χ4v) is 2.56. The number of hydrogen-bond donors (Lipinski definition) is 1. The van der Waals surface area contributed by atoms with Gasteiger partial charge >= 0.3 is 0 Å². The number of thiazole rings is 1. The first-order valence-electron chi connectivity index (χ1n) is 6.52. The summed E-state index contributed by atoms with van der Waals surface area (Å²) in [6, 6.07) is 0. The summed E-state index contributed by atoms with van der Waals surface area (Å²) < 4.78 is 7.02. The molecule has 1 N–H and O–H groups in total. The molecule has 0 unspecified atom stereocenters. The molecule has 0 radical (unpaired) electrons. The standard InChI is InChI=1S/C13H21N5OS/c1-17-6-4-15-12(17)9-18(2)13-16-11(10-20-13)8-14-5-7-19-3/h4,6,10,14H,5,7-9H2,1-3H3. The van der Waals surface area contributed by atoms with Crippen molar-refractivity contribution in [1.82, 2.24) is 19.9 Å². The summed E-state index contributed by atoms with van der Waals surface area (Å²) in [5.41, 5.74) is 1.06. The number of rotatable bonds is 8. The zero-order chi connectivity index (χ0) is 14.4. The van der Waals surface area contributed by atoms with Gasteiger partial charge in [-0.15, -0.1) is 11.3 Å². The predicted octanol–water partition coefficient (Wildman–Crippen LogP) is 1.25. The molecule has 6 nitrogen and oxygen atoms in total. The van der Waals surface area contributed by atoms with E-state index in [1.807, 2.05) is 31.1 Å². The van der Waals surface area contributed by atoms with Crippen LogP contribution in [0.5, 0.6) is 0 Å². The molecule has 0 saturated carbocycles. The van der Waals surface area contributed by atoms with E-state index in [4.69, 9.17) is 4.74 Å². The van der Waals surface area contributed by atoms with E-state index >= 15 is 0 Å². The van der Waals surface area contributed by atoms with Crippen molar-refractivity contribution in [1.29, 1.82) is 0 Å². The Hall–Kier alpha value is -1.44. The zero-order valence-electron chi connectivity index (χ0n) is 12.2. The topological polar surface area (TPSA) is 55.2 Å². The lowest BCUT2D eigenvalue weighted by molar-refractivity contribution is 0.199. The Morgan fingerprint density at radius 3 is 3.05 bits per heavy atom. The van der Waals surface area contributed by atoms with Gasteiger partial charge in [0.05, 0.1) is 18.8 Å². The summed E-state index contributed by atoms with van der Waals surface area (Å²) >= 11 is 1.66. The van der Waals surface area contributed by atoms with Crippen LogP contribution >= 0.6 is 11.3 Å². The number of anilines is 1. The highest BCUT2D eigenvalue weighted by atomic mass is 32.1. The third kappa shape index (κ3) is 4.03. The summed E-state index contributed by atoms with van der Waals surface area (Å²) in [5.74, 6) is 1.03. The maximum atomic E-state index is 5.00. The summed E-state index contributed by atoms with van der Waals surface area (Å²) in [4.78, 5) is 11.1. The maximum Gasteiger partial charge on any atom is 0.185 e. The molecule has 0 atom stereocenters. The van der Waals surface area contributed by atoms with Crippen LogP contribution in [0, 0.1) is 0 Å². The van der Waals surface area contributed by atoms with Crippen LogP contribution in [0.25, 0.3) is 0 Å². The van der Waals surface area contributed by atoms with E-state index in [-0.39, 0.29) is 0 Å². The van der Waals surface area contributed by atoms with E-state index in [0.717, 1.165) is 42.9 Å². The molecule has 2 aromatic heterocycles. The first-order valence-corrected chi connectivity index (χ1v) is 7.40. The van der Waals surface area contributed by atoms with Gasteiger partial charge in [-0.05, 0) is 0 Å². The van der Waals surface area contributed by atoms with Crippen molar-refractivity contribution < 1.29 is 4.74 Å². The number of ether oxygens (including phenoxy) is 1. The Kier molecular flexibility index (Phi) is 5.51. The molecule has 0 bridgehead atoms. The van der Waals surface area contributed by atoms with E-state index in [1.165, 1.54) is 0 Å². The monoisotopic (exact) mass is 295 g/mol. The fourth-order valence-electron chi connectivity index (χ4n) is 1.77. The van der Waals surface area contributed by atoms with Gasteiger partial charge in [-0.1, -0.05) is 0 Å². The number of aryl methyl sites for hydroxylation is 1. The summed E-state index contributed by atoms with van der Waals surface area (Å²) in [7, 11) is 5.74. The van der Waals surface area contributed by atoms with Crippen molar-refractivity contribution in [3.63, 3.8) is 0 Å². The van der Waals surface area contributed by atoms with Crippen LogP contribution in [-0.4, -0.2) is 41.8 Å². The molecular formula is C13H21N5OS. The number of imidazole rings is 1. The highest BCUT2D eigenvalue weighted by Gasteiger charge is 2.09. The molecule has 0 spiro atoms. The second-order valence-electron chi connectivity index (χ2n) is 4.60. The molecule has 0 amide bonds. The van der Waals surface area contributed by atoms with E-state index in [2.05, 4.69) is 25.6 Å². The van der Waals surface area contributed by atoms with Crippen LogP contribution in [0.15, 0.2) is 17.8 Å². The van der Waals surface area contributed by atoms with Gasteiger partial charge in [-0.3, -0.25) is 0 Å². The molecule has 20 heavy (non-hydrogen) atoms. The molecular weight excluding hydrogens is 274 g/mol. The van der Waals surface area contributed by atoms with Gasteiger partial charge in [0.2, 0.25) is 0 Å². The minimum absolute atomic E-state index is 0.718. The van der Waals surface area contributed by atoms with Crippen LogP contribution in [0.3, 0.4) is 0 Å². The number of hydrogen-bond acceptors (Lipinski definition) is 6. The van der Waals surface area contributed by atoms with Crippen LogP contribution in [0.1, 0.15) is 11.5 Å². The SMILES string of the molecule is COCCNCc1csc(N(C)Cc2nccn2C)n1. The maximum absolute atomic E-state index is 5.00. The summed E-state index contributed by atoms with van der Waals surface area (Å²) in [6.45, 7) is 3.09. The second kappa shape index (κ2) is 7.37. The van der Waals surface area contributed by atoms with Crippen molar-refractivity contribution in [3.05, 3.63) is 29.3 Å². The molecule has 110 valence electrons. The van der Waals surface area contributed by atoms with Gasteiger partial charge in [0.25, 0.3) is 0 Å². The zero-order valence-corrected chi connectivity index (χ0v) is 13.0. The van der Waals surface area contributed by atoms with Gasteiger partial charge in [0.15, 0.2) is 5.13 Å². The minimum atomic E-state index is 0.718. The molecule has 0 aliphatic rings. The Morgan fingerprint density at radius 1 is 1.50 bits per heavy atom. The van der Waals surface area contributed by atoms with Gasteiger partial charge in [-0.25, -0.2) is 9.97 Å². The van der Waals surface area contributed by atoms with E-state index in [0.29, 0.717) is 0 Å². The Labute approximate surface area is 123 Å². The van der Waals surface area contributed by atoms with Crippen LogP contribution < -0.4 is 10.2 Å². The quantitative estimate of drug-likeness (QED) is 0.743. The average Bonchev–Trinajstić information content (AvgIpc) is 3.05. The fraction of sp³-hybridized carbons (Fsp3) is 0.538. The summed E-state index contributed by atoms with van der Waals surface area (Å²) in [5, 5.41) is 6.39. The molecule has 7 heteroatoms. The van der Waals surface area contributed by atoms with Crippen molar-refractivity contribution in [2.24, 2.45) is 7.05 Å². The highest BCUT2D eigenvalue weighted by molar-refractivity contribution is 7.13. The van der Waals surface area contributed by atoms with E-state index < -0.39 is 0 Å². The smallest absolute Gasteiger partial charge is 0.185 e. The number of nitrogens with zero attached hydrogens (tertiary/aromatic N) is 4. The predicted molar refractivity (Wildman–Crippen MR) is 81.0 cm³/mol. The lowest BCUT2D eigenvalue weighted by Gasteiger charge is -2.15. The first-order chi connectivity index (χ1) is 9.70. The molecule has 0 aromatic carbocycles. The van der Waals surface area contributed by atoms with Crippen molar-refractivity contribution in [2.45, 2.75) is 13.1 Å². The largest absolute Gasteiger partial charge is 0.383 e. The van der Waals surface area contributed by atoms with Gasteiger partial charge in [0, 0.05) is 52.1 Å². The number of nitrogens with one attached hydrogen (secondary N) is 1. The van der Waals surface area contributed by atoms with Crippen molar-refractivity contribution in [2.75, 3.05) is 32.2 Å². The van der Waals surface area contributed by atoms with Crippen LogP contribution in [0.4, 0.5) is 5.13 Å². The van der Waals surface area contributed by atoms with Gasteiger partial charge in [-0.2, -0.15) is 0 Å². The Morgan fingerprint density at radius 2 is 2.35 bits per heavy atom. The van der Waals surface area contributed by atoms with E-state index in [9.17, 15) is 0 Å². The normalized spacial score (nSPS) is 10.9. The molecule has 0 aliphatic carbocycles. The van der Waals surface area contributed by atoms with Gasteiger partial charge < -0.3 is 19.5 Å². The molecule has 2 heterocycles. The van der Waals surface area contributed by atoms with Gasteiger partial charge in [0.1, 0.15) is 5.82 Å². The minimum Gasteiger partial charge on any atom is -0.383 e. The first kappa shape index (κ1) is 15.0. The summed E-state index contributed by atoms with van der Waals surface area (Å²) in [6.07, 6.45) is 3.77. The molecule has 0 aliphatic heterocycles. The average molecular weight is 295 g/mol. The molecule has 0 saturated heterocycles. The van der Waals surface area contributed by atoms with Crippen molar-refractivity contribution >= 4 is 16.5 Å². The third-order valence-electron chi connectivity index (χ3n) is 2.95. The second-order valence-corrected chi connectivity index (χ2v) is 5.44.